The molecule has 0 radical (unpaired) electrons. The summed E-state index contributed by atoms with van der Waals surface area (Å²) in [5.74, 6) is 1.64. The highest BCUT2D eigenvalue weighted by atomic mass is 32.1. The largest absolute Gasteiger partial charge is 0.497 e. The van der Waals surface area contributed by atoms with Gasteiger partial charge in [-0.3, -0.25) is 4.79 Å². The Bertz CT molecular complexity index is 995. The average molecular weight is 424 g/mol. The summed E-state index contributed by atoms with van der Waals surface area (Å²) in [5.41, 5.74) is 2.81. The van der Waals surface area contributed by atoms with Crippen LogP contribution in [0.25, 0.3) is 0 Å². The first-order valence-corrected chi connectivity index (χ1v) is 10.8. The molecule has 0 aliphatic carbocycles. The van der Waals surface area contributed by atoms with Crippen LogP contribution in [0.5, 0.6) is 11.5 Å². The number of methoxy groups -OCH3 is 1. The Morgan fingerprint density at radius 2 is 1.83 bits per heavy atom. The molecule has 0 atom stereocenters. The van der Waals surface area contributed by atoms with E-state index in [9.17, 15) is 4.79 Å². The highest BCUT2D eigenvalue weighted by Crippen LogP contribution is 2.23. The number of anilines is 1. The molecule has 30 heavy (non-hydrogen) atoms. The van der Waals surface area contributed by atoms with E-state index in [1.165, 1.54) is 0 Å². The van der Waals surface area contributed by atoms with Gasteiger partial charge in [-0.15, -0.1) is 11.3 Å². The number of rotatable bonds is 6. The quantitative estimate of drug-likeness (QED) is 0.600. The molecule has 1 amide bonds. The van der Waals surface area contributed by atoms with Gasteiger partial charge in [0.2, 0.25) is 0 Å². The smallest absolute Gasteiger partial charge is 0.253 e. The number of nitrogens with zero attached hydrogens (tertiary/aromatic N) is 3. The molecule has 1 aliphatic heterocycles. The van der Waals surface area contributed by atoms with E-state index in [1.54, 1.807) is 18.4 Å². The van der Waals surface area contributed by atoms with Crippen molar-refractivity contribution in [2.24, 2.45) is 0 Å². The van der Waals surface area contributed by atoms with Crippen LogP contribution in [0.3, 0.4) is 0 Å². The Morgan fingerprint density at radius 1 is 1.07 bits per heavy atom. The van der Waals surface area contributed by atoms with Gasteiger partial charge in [0.05, 0.1) is 7.11 Å². The standard InChI is InChI=1S/C23H25N3O3S/c1-17-16-30-22(24-17)15-29-20-8-6-18(7-9-20)23(27)26-12-10-25(11-13-26)19-4-3-5-21(14-19)28-2/h3-9,14,16H,10-13,15H2,1-2H3. The molecular weight excluding hydrogens is 398 g/mol. The first-order valence-electron chi connectivity index (χ1n) is 9.94. The number of hydrogen-bond donors (Lipinski definition) is 0. The summed E-state index contributed by atoms with van der Waals surface area (Å²) < 4.78 is 11.1. The zero-order valence-corrected chi connectivity index (χ0v) is 18.0. The van der Waals surface area contributed by atoms with Crippen molar-refractivity contribution in [3.05, 3.63) is 70.2 Å². The summed E-state index contributed by atoms with van der Waals surface area (Å²) in [4.78, 5) is 21.5. The van der Waals surface area contributed by atoms with Gasteiger partial charge < -0.3 is 19.3 Å². The Labute approximate surface area is 180 Å². The maximum absolute atomic E-state index is 12.9. The lowest BCUT2D eigenvalue weighted by molar-refractivity contribution is 0.0746. The number of ether oxygens (including phenoxy) is 2. The second kappa shape index (κ2) is 9.17. The van der Waals surface area contributed by atoms with Crippen molar-refractivity contribution >= 4 is 22.9 Å². The van der Waals surface area contributed by atoms with Crippen molar-refractivity contribution in [1.82, 2.24) is 9.88 Å². The molecule has 3 aromatic rings. The molecule has 2 aromatic carbocycles. The lowest BCUT2D eigenvalue weighted by Crippen LogP contribution is -2.48. The second-order valence-electron chi connectivity index (χ2n) is 7.18. The van der Waals surface area contributed by atoms with Crippen LogP contribution < -0.4 is 14.4 Å². The van der Waals surface area contributed by atoms with Gasteiger partial charge in [0.15, 0.2) is 0 Å². The maximum Gasteiger partial charge on any atom is 0.253 e. The molecule has 4 rings (SSSR count). The van der Waals surface area contributed by atoms with Crippen LogP contribution in [-0.2, 0) is 6.61 Å². The second-order valence-corrected chi connectivity index (χ2v) is 8.12. The van der Waals surface area contributed by atoms with Gasteiger partial charge in [0, 0.05) is 54.6 Å². The lowest BCUT2D eigenvalue weighted by atomic mass is 10.1. The summed E-state index contributed by atoms with van der Waals surface area (Å²) in [6.07, 6.45) is 0. The van der Waals surface area contributed by atoms with Crippen LogP contribution in [0.4, 0.5) is 5.69 Å². The first kappa shape index (κ1) is 20.2. The van der Waals surface area contributed by atoms with Crippen LogP contribution >= 0.6 is 11.3 Å². The summed E-state index contributed by atoms with van der Waals surface area (Å²) in [6, 6.07) is 15.4. The minimum absolute atomic E-state index is 0.0578. The van der Waals surface area contributed by atoms with Crippen LogP contribution in [0.1, 0.15) is 21.1 Å². The molecule has 156 valence electrons. The van der Waals surface area contributed by atoms with Crippen LogP contribution in [0.15, 0.2) is 53.9 Å². The zero-order chi connectivity index (χ0) is 20.9. The van der Waals surface area contributed by atoms with Crippen molar-refractivity contribution < 1.29 is 14.3 Å². The number of thiazole rings is 1. The van der Waals surface area contributed by atoms with E-state index in [0.29, 0.717) is 25.3 Å². The van der Waals surface area contributed by atoms with Crippen molar-refractivity contribution in [1.29, 1.82) is 0 Å². The highest BCUT2D eigenvalue weighted by Gasteiger charge is 2.22. The van der Waals surface area contributed by atoms with Gasteiger partial charge >= 0.3 is 0 Å². The number of aryl methyl sites for hydroxylation is 1. The third-order valence-electron chi connectivity index (χ3n) is 5.12. The van der Waals surface area contributed by atoms with Gasteiger partial charge in [0.1, 0.15) is 23.1 Å². The predicted octanol–water partition coefficient (Wildman–Crippen LogP) is 4.00. The molecule has 6 nitrogen and oxygen atoms in total. The Kier molecular flexibility index (Phi) is 6.18. The Hall–Kier alpha value is -3.06. The summed E-state index contributed by atoms with van der Waals surface area (Å²) in [7, 11) is 1.67. The van der Waals surface area contributed by atoms with E-state index in [-0.39, 0.29) is 5.91 Å². The normalized spacial score (nSPS) is 13.9. The molecule has 7 heteroatoms. The third kappa shape index (κ3) is 4.74. The number of carbonyl (C=O) groups excluding carboxylic acids is 1. The number of amides is 1. The minimum Gasteiger partial charge on any atom is -0.497 e. The summed E-state index contributed by atoms with van der Waals surface area (Å²) in [5, 5.41) is 2.95. The molecule has 0 N–H and O–H groups in total. The SMILES string of the molecule is COc1cccc(N2CCN(C(=O)c3ccc(OCc4nc(C)cs4)cc3)CC2)c1. The van der Waals surface area contributed by atoms with Crippen LogP contribution in [0.2, 0.25) is 0 Å². The van der Waals surface area contributed by atoms with E-state index in [4.69, 9.17) is 9.47 Å². The van der Waals surface area contributed by atoms with Gasteiger partial charge in [0.25, 0.3) is 5.91 Å². The van der Waals surface area contributed by atoms with E-state index in [2.05, 4.69) is 16.0 Å². The summed E-state index contributed by atoms with van der Waals surface area (Å²) >= 11 is 1.59. The molecule has 0 bridgehead atoms. The zero-order valence-electron chi connectivity index (χ0n) is 17.2. The van der Waals surface area contributed by atoms with Crippen LogP contribution in [0, 0.1) is 6.92 Å². The van der Waals surface area contributed by atoms with Gasteiger partial charge in [-0.1, -0.05) is 6.07 Å². The predicted molar refractivity (Wildman–Crippen MR) is 119 cm³/mol. The van der Waals surface area contributed by atoms with Crippen molar-refractivity contribution in [2.75, 3.05) is 38.2 Å². The molecule has 0 unspecified atom stereocenters. The molecule has 2 heterocycles. The number of benzene rings is 2. The fourth-order valence-corrected chi connectivity index (χ4v) is 4.15. The lowest BCUT2D eigenvalue weighted by Gasteiger charge is -2.36. The number of piperazine rings is 1. The highest BCUT2D eigenvalue weighted by molar-refractivity contribution is 7.09. The van der Waals surface area contributed by atoms with E-state index in [1.807, 2.05) is 59.7 Å². The molecular formula is C23H25N3O3S. The Balaban J connectivity index is 1.31. The van der Waals surface area contributed by atoms with Crippen LogP contribution in [-0.4, -0.2) is 49.1 Å². The van der Waals surface area contributed by atoms with Crippen molar-refractivity contribution in [2.45, 2.75) is 13.5 Å². The number of hydrogen-bond acceptors (Lipinski definition) is 6. The molecule has 1 aliphatic rings. The third-order valence-corrected chi connectivity index (χ3v) is 6.06. The average Bonchev–Trinajstić information content (AvgIpc) is 3.23. The van der Waals surface area contributed by atoms with Gasteiger partial charge in [-0.05, 0) is 43.3 Å². The molecule has 1 saturated heterocycles. The topological polar surface area (TPSA) is 54.9 Å². The number of aromatic nitrogens is 1. The fourth-order valence-electron chi connectivity index (χ4n) is 3.47. The Morgan fingerprint density at radius 3 is 2.50 bits per heavy atom. The maximum atomic E-state index is 12.9. The molecule has 1 fully saturated rings. The summed E-state index contributed by atoms with van der Waals surface area (Å²) in [6.45, 7) is 5.39. The van der Waals surface area contributed by atoms with Crippen molar-refractivity contribution in [3.63, 3.8) is 0 Å². The first-order chi connectivity index (χ1) is 14.6. The van der Waals surface area contributed by atoms with E-state index < -0.39 is 0 Å². The van der Waals surface area contributed by atoms with Gasteiger partial charge in [-0.25, -0.2) is 4.98 Å². The molecule has 1 aromatic heterocycles. The van der Waals surface area contributed by atoms with Gasteiger partial charge in [-0.2, -0.15) is 0 Å². The monoisotopic (exact) mass is 423 g/mol. The minimum atomic E-state index is 0.0578. The number of carbonyl (C=O) groups is 1. The van der Waals surface area contributed by atoms with E-state index in [0.717, 1.165) is 41.0 Å². The fraction of sp³-hybridized carbons (Fsp3) is 0.304. The molecule has 0 spiro atoms. The van der Waals surface area contributed by atoms with Crippen molar-refractivity contribution in [3.8, 4) is 11.5 Å². The molecule has 0 saturated carbocycles. The van der Waals surface area contributed by atoms with E-state index >= 15 is 0 Å².